The smallest absolute Gasteiger partial charge is 0.232 e. The number of piperidine rings is 1. The van der Waals surface area contributed by atoms with Crippen LogP contribution in [0.3, 0.4) is 0 Å². The summed E-state index contributed by atoms with van der Waals surface area (Å²) in [5.74, 6) is 0.329. The average Bonchev–Trinajstić information content (AvgIpc) is 4.05. The number of sulfonamides is 1. The predicted molar refractivity (Wildman–Crippen MR) is 253 cm³/mol. The molecule has 2 fully saturated rings. The first-order valence-corrected chi connectivity index (χ1v) is 24.8. The van der Waals surface area contributed by atoms with E-state index in [0.717, 1.165) is 61.7 Å². The summed E-state index contributed by atoms with van der Waals surface area (Å²) in [6, 6.07) is 14.8. The van der Waals surface area contributed by atoms with Gasteiger partial charge in [-0.3, -0.25) is 29.1 Å². The zero-order valence-corrected chi connectivity index (χ0v) is 39.4. The Labute approximate surface area is 384 Å². The summed E-state index contributed by atoms with van der Waals surface area (Å²) < 4.78 is 45.4. The molecule has 5 heterocycles. The normalized spacial score (nSPS) is 16.4. The van der Waals surface area contributed by atoms with Gasteiger partial charge in [0.1, 0.15) is 0 Å². The summed E-state index contributed by atoms with van der Waals surface area (Å²) in [5, 5.41) is 10.8. The molecule has 65 heavy (non-hydrogen) atoms. The number of benzene rings is 2. The fourth-order valence-corrected chi connectivity index (χ4v) is 10.6. The lowest BCUT2D eigenvalue weighted by molar-refractivity contribution is -0.133. The topological polar surface area (TPSA) is 184 Å². The predicted octanol–water partition coefficient (Wildman–Crippen LogP) is 8.11. The monoisotopic (exact) mass is 926 g/mol. The molecule has 346 valence electrons. The van der Waals surface area contributed by atoms with E-state index in [1.54, 1.807) is 37.5 Å². The third-order valence-corrected chi connectivity index (χ3v) is 15.0. The second kappa shape index (κ2) is 20.6. The number of nitrogens with one attached hydrogen (secondary N) is 3. The van der Waals surface area contributed by atoms with Gasteiger partial charge in [0.05, 0.1) is 44.6 Å². The van der Waals surface area contributed by atoms with Gasteiger partial charge < -0.3 is 15.1 Å². The summed E-state index contributed by atoms with van der Waals surface area (Å²) in [6.45, 7) is 13.8. The van der Waals surface area contributed by atoms with E-state index >= 15 is 4.39 Å². The second-order valence-electron chi connectivity index (χ2n) is 18.2. The van der Waals surface area contributed by atoms with Crippen LogP contribution in [-0.2, 0) is 36.4 Å². The first kappa shape index (κ1) is 47.2. The molecule has 2 atom stereocenters. The van der Waals surface area contributed by atoms with Gasteiger partial charge in [0, 0.05) is 74.6 Å². The van der Waals surface area contributed by atoms with Crippen molar-refractivity contribution >= 4 is 62.6 Å². The van der Waals surface area contributed by atoms with Crippen LogP contribution in [0.25, 0.3) is 21.8 Å². The number of hydrogen-bond acceptors (Lipinski definition) is 12. The van der Waals surface area contributed by atoms with Gasteiger partial charge in [-0.25, -0.2) is 27.8 Å². The summed E-state index contributed by atoms with van der Waals surface area (Å²) >= 11 is 1.41. The fourth-order valence-electron chi connectivity index (χ4n) is 8.39. The summed E-state index contributed by atoms with van der Waals surface area (Å²) in [4.78, 5) is 54.7. The van der Waals surface area contributed by atoms with E-state index in [0.29, 0.717) is 78.4 Å². The van der Waals surface area contributed by atoms with Crippen LogP contribution >= 0.6 is 11.3 Å². The molecule has 2 aliphatic heterocycles. The van der Waals surface area contributed by atoms with Gasteiger partial charge in [-0.05, 0) is 85.8 Å². The molecular formula is C47H59FN10O5S2. The van der Waals surface area contributed by atoms with Crippen LogP contribution in [0.1, 0.15) is 96.1 Å². The van der Waals surface area contributed by atoms with Crippen molar-refractivity contribution in [3.8, 4) is 21.8 Å². The van der Waals surface area contributed by atoms with E-state index < -0.39 is 15.8 Å². The fraction of sp³-hybridized carbons (Fsp3) is 0.468. The summed E-state index contributed by atoms with van der Waals surface area (Å²) in [6.07, 6.45) is 10.4. The van der Waals surface area contributed by atoms with Crippen LogP contribution in [0.2, 0.25) is 0 Å². The third-order valence-electron chi connectivity index (χ3n) is 12.1. The van der Waals surface area contributed by atoms with E-state index in [2.05, 4.69) is 61.5 Å². The van der Waals surface area contributed by atoms with Crippen molar-refractivity contribution in [1.82, 2.24) is 34.9 Å². The molecule has 0 spiro atoms. The van der Waals surface area contributed by atoms with Gasteiger partial charge in [0.2, 0.25) is 34.2 Å². The molecule has 3 aromatic heterocycles. The van der Waals surface area contributed by atoms with Crippen molar-refractivity contribution in [2.24, 2.45) is 11.8 Å². The minimum Gasteiger partial charge on any atom is -0.371 e. The maximum absolute atomic E-state index is 16.1. The molecule has 2 saturated heterocycles. The van der Waals surface area contributed by atoms with E-state index in [4.69, 9.17) is 9.97 Å². The number of carbonyl (C=O) groups is 3. The number of nitrogens with zero attached hydrogens (tertiary/aromatic N) is 7. The first-order chi connectivity index (χ1) is 31.1. The number of rotatable bonds is 18. The number of likely N-dealkylation sites (tertiary alicyclic amines) is 1. The Morgan fingerprint density at radius 1 is 1.02 bits per heavy atom. The van der Waals surface area contributed by atoms with E-state index in [-0.39, 0.29) is 40.2 Å². The van der Waals surface area contributed by atoms with Gasteiger partial charge >= 0.3 is 0 Å². The number of halogens is 1. The van der Waals surface area contributed by atoms with Gasteiger partial charge in [0.25, 0.3) is 0 Å². The Balaban J connectivity index is 0.912. The quantitative estimate of drug-likeness (QED) is 0.0722. The van der Waals surface area contributed by atoms with E-state index in [9.17, 15) is 22.8 Å². The van der Waals surface area contributed by atoms with Crippen molar-refractivity contribution in [3.63, 3.8) is 0 Å². The highest BCUT2D eigenvalue weighted by Crippen LogP contribution is 2.42. The Kier molecular flexibility index (Phi) is 15.0. The minimum atomic E-state index is -3.72. The molecule has 2 unspecified atom stereocenters. The maximum Gasteiger partial charge on any atom is 0.232 e. The number of hydrogen-bond donors (Lipinski definition) is 3. The molecule has 3 amide bonds. The number of anilines is 4. The molecule has 0 radical (unpaired) electrons. The minimum absolute atomic E-state index is 0.122. The van der Waals surface area contributed by atoms with E-state index in [1.165, 1.54) is 17.4 Å². The number of carbonyl (C=O) groups excluding carboxylic acids is 3. The van der Waals surface area contributed by atoms with Gasteiger partial charge in [0.15, 0.2) is 5.82 Å². The average molecular weight is 927 g/mol. The highest BCUT2D eigenvalue weighted by atomic mass is 32.2. The SMILES string of the molecule is CCCS(=O)(=O)Nc1cccc(-c2nc(C(C)(C)C)sc2-c2ccnc(Nc3cnn(CC4CCN(C(=O)CC5CCN(c6ccc(C(C)CCC(=O)NC=O)cc6)C5)CC4)c3)n2)c1F. The van der Waals surface area contributed by atoms with Crippen LogP contribution in [0.15, 0.2) is 67.1 Å². The second-order valence-corrected chi connectivity index (χ2v) is 21.1. The zero-order valence-electron chi connectivity index (χ0n) is 37.7. The number of thiazole rings is 1. The largest absolute Gasteiger partial charge is 0.371 e. The lowest BCUT2D eigenvalue weighted by Gasteiger charge is -2.32. The van der Waals surface area contributed by atoms with Crippen LogP contribution in [0.5, 0.6) is 0 Å². The zero-order chi connectivity index (χ0) is 46.3. The van der Waals surface area contributed by atoms with Crippen LogP contribution in [-0.4, -0.2) is 88.2 Å². The Hall–Kier alpha value is -5.75. The molecule has 18 heteroatoms. The molecular weight excluding hydrogens is 868 g/mol. The third kappa shape index (κ3) is 12.1. The lowest BCUT2D eigenvalue weighted by Crippen LogP contribution is -2.40. The molecule has 3 N–H and O–H groups in total. The number of imide groups is 1. The van der Waals surface area contributed by atoms with Crippen LogP contribution in [0, 0.1) is 17.7 Å². The molecule has 7 rings (SSSR count). The standard InChI is InChI=1S/C47H59FN10O5S2/c1-6-24-65(62,63)55-38-9-7-8-37(42(38)48)43-44(64-45(54-43)47(3,4)5)39-16-20-49-46(53-39)52-35-26-51-58(29-35)28-32-17-21-56(22-18-32)41(61)25-33-19-23-57(27-33)36-13-11-34(12-14-36)31(2)10-15-40(60)50-30-59/h7-9,11-14,16,20,26,29-33,55H,6,10,15,17-19,21-25,27-28H2,1-5H3,(H,49,52,53)(H,50,59,60). The molecule has 5 aromatic rings. The maximum atomic E-state index is 16.1. The Bertz CT molecular complexity index is 2570. The molecule has 2 aliphatic rings. The number of amides is 3. The number of aromatic nitrogens is 5. The lowest BCUT2D eigenvalue weighted by atomic mass is 9.95. The molecule has 0 aliphatic carbocycles. The highest BCUT2D eigenvalue weighted by Gasteiger charge is 2.30. The van der Waals surface area contributed by atoms with Crippen molar-refractivity contribution < 1.29 is 27.2 Å². The Morgan fingerprint density at radius 3 is 2.49 bits per heavy atom. The van der Waals surface area contributed by atoms with Crippen molar-refractivity contribution in [2.45, 2.75) is 97.4 Å². The van der Waals surface area contributed by atoms with Crippen molar-refractivity contribution in [1.29, 1.82) is 0 Å². The van der Waals surface area contributed by atoms with E-state index in [1.807, 2.05) is 36.5 Å². The first-order valence-electron chi connectivity index (χ1n) is 22.4. The van der Waals surface area contributed by atoms with Crippen molar-refractivity contribution in [3.05, 3.63) is 83.5 Å². The van der Waals surface area contributed by atoms with Gasteiger partial charge in [-0.1, -0.05) is 52.8 Å². The van der Waals surface area contributed by atoms with Gasteiger partial charge in [-0.15, -0.1) is 11.3 Å². The molecule has 0 bridgehead atoms. The highest BCUT2D eigenvalue weighted by molar-refractivity contribution is 7.92. The molecule has 15 nitrogen and oxygen atoms in total. The van der Waals surface area contributed by atoms with Crippen LogP contribution < -0.4 is 20.3 Å². The van der Waals surface area contributed by atoms with Crippen LogP contribution in [0.4, 0.5) is 27.4 Å². The summed E-state index contributed by atoms with van der Waals surface area (Å²) in [5.41, 5.74) is 3.60. The molecule has 2 aromatic carbocycles. The Morgan fingerprint density at radius 2 is 1.77 bits per heavy atom. The van der Waals surface area contributed by atoms with Gasteiger partial charge in [-0.2, -0.15) is 5.10 Å². The molecule has 0 saturated carbocycles. The summed E-state index contributed by atoms with van der Waals surface area (Å²) in [7, 11) is -3.72. The van der Waals surface area contributed by atoms with Crippen molar-refractivity contribution in [2.75, 3.05) is 46.9 Å².